The Hall–Kier alpha value is -2.54. The molecule has 0 bridgehead atoms. The molecule has 0 saturated carbocycles. The second kappa shape index (κ2) is 7.57. The molecule has 1 amide bonds. The van der Waals surface area contributed by atoms with E-state index in [0.717, 1.165) is 12.1 Å². The molecule has 7 heteroatoms. The summed E-state index contributed by atoms with van der Waals surface area (Å²) in [7, 11) is 1.55. The van der Waals surface area contributed by atoms with E-state index < -0.39 is 0 Å². The molecular weight excluding hydrogens is 386 g/mol. The Bertz CT molecular complexity index is 908. The molecule has 2 heterocycles. The van der Waals surface area contributed by atoms with Gasteiger partial charge in [0, 0.05) is 35.9 Å². The van der Waals surface area contributed by atoms with E-state index in [1.165, 1.54) is 0 Å². The van der Waals surface area contributed by atoms with Gasteiger partial charge in [-0.15, -0.1) is 0 Å². The summed E-state index contributed by atoms with van der Waals surface area (Å²) in [6.07, 6.45) is 6.28. The smallest absolute Gasteiger partial charge is 0.255 e. The Labute approximate surface area is 153 Å². The van der Waals surface area contributed by atoms with Gasteiger partial charge in [0.15, 0.2) is 11.5 Å². The second-order valence-corrected chi connectivity index (χ2v) is 6.25. The van der Waals surface area contributed by atoms with Crippen molar-refractivity contribution in [3.63, 3.8) is 0 Å². The summed E-state index contributed by atoms with van der Waals surface area (Å²) in [4.78, 5) is 16.8. The predicted octanol–water partition coefficient (Wildman–Crippen LogP) is 4.15. The summed E-state index contributed by atoms with van der Waals surface area (Å²) < 4.78 is 13.6. The molecule has 6 nitrogen and oxygen atoms in total. The molecule has 1 aromatic carbocycles. The fourth-order valence-corrected chi connectivity index (χ4v) is 2.94. The van der Waals surface area contributed by atoms with Crippen LogP contribution in [0.4, 0.5) is 5.69 Å². The number of carbonyl (C=O) groups is 1. The molecule has 0 fully saturated rings. The number of nitrogens with one attached hydrogen (secondary N) is 1. The van der Waals surface area contributed by atoms with Gasteiger partial charge < -0.3 is 19.2 Å². The molecule has 0 aliphatic rings. The van der Waals surface area contributed by atoms with Crippen LogP contribution in [-0.2, 0) is 0 Å². The van der Waals surface area contributed by atoms with E-state index in [0.29, 0.717) is 33.8 Å². The van der Waals surface area contributed by atoms with Crippen LogP contribution in [0.3, 0.4) is 0 Å². The van der Waals surface area contributed by atoms with E-state index >= 15 is 0 Å². The average molecular weight is 404 g/mol. The van der Waals surface area contributed by atoms with Gasteiger partial charge in [0.1, 0.15) is 5.65 Å². The van der Waals surface area contributed by atoms with Crippen molar-refractivity contribution in [2.45, 2.75) is 13.3 Å². The second-order valence-electron chi connectivity index (χ2n) is 5.40. The van der Waals surface area contributed by atoms with Crippen molar-refractivity contribution in [3.05, 3.63) is 52.9 Å². The number of halogens is 1. The first-order valence-electron chi connectivity index (χ1n) is 7.86. The molecule has 130 valence electrons. The van der Waals surface area contributed by atoms with Crippen molar-refractivity contribution in [2.24, 2.45) is 0 Å². The maximum Gasteiger partial charge on any atom is 0.255 e. The van der Waals surface area contributed by atoms with Crippen molar-refractivity contribution in [1.82, 2.24) is 9.38 Å². The minimum Gasteiger partial charge on any atom is -0.493 e. The highest BCUT2D eigenvalue weighted by molar-refractivity contribution is 9.10. The average Bonchev–Trinajstić information content (AvgIpc) is 3.07. The third-order valence-electron chi connectivity index (χ3n) is 3.60. The number of nitrogens with zero attached hydrogens (tertiary/aromatic N) is 2. The van der Waals surface area contributed by atoms with Crippen molar-refractivity contribution >= 4 is 33.2 Å². The first kappa shape index (κ1) is 17.3. The Balaban J connectivity index is 1.84. The molecule has 0 aliphatic carbocycles. The van der Waals surface area contributed by atoms with E-state index in [1.54, 1.807) is 25.4 Å². The summed E-state index contributed by atoms with van der Waals surface area (Å²) in [6, 6.07) is 7.01. The minimum atomic E-state index is -0.239. The highest BCUT2D eigenvalue weighted by Crippen LogP contribution is 2.37. The van der Waals surface area contributed by atoms with Gasteiger partial charge in [-0.2, -0.15) is 0 Å². The van der Waals surface area contributed by atoms with Crippen molar-refractivity contribution in [3.8, 4) is 11.5 Å². The van der Waals surface area contributed by atoms with E-state index in [-0.39, 0.29) is 5.91 Å². The monoisotopic (exact) mass is 403 g/mol. The van der Waals surface area contributed by atoms with Crippen molar-refractivity contribution in [1.29, 1.82) is 0 Å². The Morgan fingerprint density at radius 2 is 2.16 bits per heavy atom. The number of methoxy groups -OCH3 is 1. The zero-order valence-corrected chi connectivity index (χ0v) is 15.5. The van der Waals surface area contributed by atoms with E-state index in [9.17, 15) is 4.79 Å². The molecule has 0 spiro atoms. The maximum absolute atomic E-state index is 12.6. The Morgan fingerprint density at radius 1 is 1.32 bits per heavy atom. The molecule has 2 aromatic heterocycles. The van der Waals surface area contributed by atoms with Gasteiger partial charge in [-0.25, -0.2) is 4.98 Å². The Morgan fingerprint density at radius 3 is 2.92 bits per heavy atom. The van der Waals surface area contributed by atoms with Gasteiger partial charge in [0.2, 0.25) is 0 Å². The fourth-order valence-electron chi connectivity index (χ4n) is 2.39. The van der Waals surface area contributed by atoms with Crippen molar-refractivity contribution in [2.75, 3.05) is 19.0 Å². The number of carbonyl (C=O) groups excluding carboxylic acids is 1. The number of pyridine rings is 1. The van der Waals surface area contributed by atoms with Crippen LogP contribution in [0, 0.1) is 0 Å². The first-order valence-corrected chi connectivity index (χ1v) is 8.66. The van der Waals surface area contributed by atoms with Gasteiger partial charge >= 0.3 is 0 Å². The van der Waals surface area contributed by atoms with Crippen LogP contribution >= 0.6 is 15.9 Å². The van der Waals surface area contributed by atoms with Crippen LogP contribution in [0.1, 0.15) is 23.7 Å². The molecular formula is C18H18BrN3O3. The highest BCUT2D eigenvalue weighted by atomic mass is 79.9. The van der Waals surface area contributed by atoms with Crippen LogP contribution in [0.25, 0.3) is 5.65 Å². The van der Waals surface area contributed by atoms with Gasteiger partial charge in [-0.05, 0) is 40.5 Å². The number of aromatic nitrogens is 2. The summed E-state index contributed by atoms with van der Waals surface area (Å²) >= 11 is 3.45. The third kappa shape index (κ3) is 3.76. The van der Waals surface area contributed by atoms with Crippen LogP contribution in [0.2, 0.25) is 0 Å². The number of anilines is 1. The van der Waals surface area contributed by atoms with Crippen LogP contribution in [0.15, 0.2) is 47.3 Å². The fraction of sp³-hybridized carbons (Fsp3) is 0.222. The summed E-state index contributed by atoms with van der Waals surface area (Å²) in [6.45, 7) is 2.60. The summed E-state index contributed by atoms with van der Waals surface area (Å²) in [5, 5.41) is 2.87. The number of benzene rings is 1. The lowest BCUT2D eigenvalue weighted by Crippen LogP contribution is -2.12. The zero-order chi connectivity index (χ0) is 17.8. The van der Waals surface area contributed by atoms with Gasteiger partial charge in [0.25, 0.3) is 5.91 Å². The Kier molecular flexibility index (Phi) is 5.23. The van der Waals surface area contributed by atoms with Crippen LogP contribution < -0.4 is 14.8 Å². The number of rotatable bonds is 6. The number of amides is 1. The van der Waals surface area contributed by atoms with Crippen LogP contribution in [0.5, 0.6) is 11.5 Å². The topological polar surface area (TPSA) is 64.9 Å². The van der Waals surface area contributed by atoms with Gasteiger partial charge in [-0.3, -0.25) is 4.79 Å². The zero-order valence-electron chi connectivity index (χ0n) is 14.0. The lowest BCUT2D eigenvalue weighted by molar-refractivity contribution is 0.102. The number of imidazole rings is 1. The number of hydrogen-bond donors (Lipinski definition) is 1. The standard InChI is InChI=1S/C18H18BrN3O3/c1-3-8-25-17-14(19)9-12(10-15(17)24-2)18(23)21-13-4-6-22-7-5-20-16(22)11-13/h4-7,9-11H,3,8H2,1-2H3,(H,21,23). The number of fused-ring (bicyclic) bond motifs is 1. The van der Waals surface area contributed by atoms with E-state index in [1.807, 2.05) is 35.9 Å². The summed E-state index contributed by atoms with van der Waals surface area (Å²) in [5.74, 6) is 0.869. The first-order chi connectivity index (χ1) is 12.1. The molecule has 3 rings (SSSR count). The molecule has 1 N–H and O–H groups in total. The highest BCUT2D eigenvalue weighted by Gasteiger charge is 2.16. The van der Waals surface area contributed by atoms with E-state index in [4.69, 9.17) is 9.47 Å². The molecule has 25 heavy (non-hydrogen) atoms. The number of hydrogen-bond acceptors (Lipinski definition) is 4. The molecule has 0 saturated heterocycles. The third-order valence-corrected chi connectivity index (χ3v) is 4.19. The maximum atomic E-state index is 12.6. The predicted molar refractivity (Wildman–Crippen MR) is 99.6 cm³/mol. The SMILES string of the molecule is CCCOc1c(Br)cc(C(=O)Nc2ccn3ccnc3c2)cc1OC. The molecule has 0 unspecified atom stereocenters. The molecule has 0 atom stereocenters. The largest absolute Gasteiger partial charge is 0.493 e. The van der Waals surface area contributed by atoms with Crippen molar-refractivity contribution < 1.29 is 14.3 Å². The minimum absolute atomic E-state index is 0.239. The van der Waals surface area contributed by atoms with Crippen LogP contribution in [-0.4, -0.2) is 29.0 Å². The van der Waals surface area contributed by atoms with Gasteiger partial charge in [-0.1, -0.05) is 6.92 Å². The molecule has 0 aliphatic heterocycles. The quantitative estimate of drug-likeness (QED) is 0.671. The summed E-state index contributed by atoms with van der Waals surface area (Å²) in [5.41, 5.74) is 1.90. The number of ether oxygens (including phenoxy) is 2. The van der Waals surface area contributed by atoms with Gasteiger partial charge in [0.05, 0.1) is 18.2 Å². The lowest BCUT2D eigenvalue weighted by atomic mass is 10.2. The lowest BCUT2D eigenvalue weighted by Gasteiger charge is -2.14. The molecule has 0 radical (unpaired) electrons. The normalized spacial score (nSPS) is 10.7. The van der Waals surface area contributed by atoms with E-state index in [2.05, 4.69) is 26.2 Å². The molecule has 3 aromatic rings.